The molecule has 23 heavy (non-hydrogen) atoms. The lowest BCUT2D eigenvalue weighted by Crippen LogP contribution is -2.35. The van der Waals surface area contributed by atoms with E-state index < -0.39 is 0 Å². The van der Waals surface area contributed by atoms with Crippen molar-refractivity contribution in [3.63, 3.8) is 0 Å². The molecule has 116 valence electrons. The number of rotatable bonds is 3. The number of fused-ring (bicyclic) bond motifs is 2. The van der Waals surface area contributed by atoms with Crippen LogP contribution in [0.5, 0.6) is 0 Å². The normalized spacial score (nSPS) is 16.7. The van der Waals surface area contributed by atoms with Crippen LogP contribution in [0.3, 0.4) is 0 Å². The van der Waals surface area contributed by atoms with Crippen LogP contribution in [0, 0.1) is 0 Å². The summed E-state index contributed by atoms with van der Waals surface area (Å²) in [5.74, 6) is 0.746. The van der Waals surface area contributed by atoms with E-state index in [1.807, 2.05) is 11.1 Å². The maximum atomic E-state index is 6.00. The molecule has 2 N–H and O–H groups in total. The molecule has 1 aliphatic carbocycles. The van der Waals surface area contributed by atoms with Crippen molar-refractivity contribution in [1.29, 1.82) is 0 Å². The van der Waals surface area contributed by atoms with Gasteiger partial charge in [-0.2, -0.15) is 0 Å². The average molecular weight is 327 g/mol. The summed E-state index contributed by atoms with van der Waals surface area (Å²) in [7, 11) is 0. The van der Waals surface area contributed by atoms with Crippen LogP contribution in [0.1, 0.15) is 30.0 Å². The minimum absolute atomic E-state index is 0.475. The molecule has 0 aromatic carbocycles. The monoisotopic (exact) mass is 326 g/mol. The quantitative estimate of drug-likeness (QED) is 0.724. The molecule has 0 atom stereocenters. The van der Waals surface area contributed by atoms with Crippen molar-refractivity contribution in [2.24, 2.45) is 0 Å². The summed E-state index contributed by atoms with van der Waals surface area (Å²) < 4.78 is 2.12. The fraction of sp³-hybridized carbons (Fsp3) is 0.250. The average Bonchev–Trinajstić information content (AvgIpc) is 3.22. The van der Waals surface area contributed by atoms with Crippen molar-refractivity contribution in [3.05, 3.63) is 53.2 Å². The van der Waals surface area contributed by atoms with Crippen LogP contribution in [0.15, 0.2) is 36.8 Å². The number of imidazole rings is 1. The van der Waals surface area contributed by atoms with Gasteiger partial charge in [-0.25, -0.2) is 9.97 Å². The first kappa shape index (κ1) is 13.2. The highest BCUT2D eigenvalue weighted by Gasteiger charge is 2.24. The Kier molecular flexibility index (Phi) is 2.77. The third-order valence-corrected chi connectivity index (χ3v) is 4.56. The molecule has 1 saturated carbocycles. The predicted molar refractivity (Wildman–Crippen MR) is 89.4 cm³/mol. The van der Waals surface area contributed by atoms with E-state index in [-0.39, 0.29) is 0 Å². The van der Waals surface area contributed by atoms with Gasteiger partial charge in [0, 0.05) is 18.5 Å². The predicted octanol–water partition coefficient (Wildman–Crippen LogP) is 3.11. The minimum atomic E-state index is 0.475. The topological polar surface area (TPSA) is 57.5 Å². The third-order valence-electron chi connectivity index (χ3n) is 4.36. The number of hydrazine groups is 2. The Morgan fingerprint density at radius 3 is 3.04 bits per heavy atom. The van der Waals surface area contributed by atoms with Gasteiger partial charge in [0.2, 0.25) is 0 Å². The van der Waals surface area contributed by atoms with Crippen LogP contribution in [-0.4, -0.2) is 14.4 Å². The molecule has 0 spiro atoms. The number of aromatic nitrogens is 3. The number of anilines is 2. The highest BCUT2D eigenvalue weighted by molar-refractivity contribution is 6.29. The molecule has 0 saturated heterocycles. The molecule has 5 rings (SSSR count). The highest BCUT2D eigenvalue weighted by atomic mass is 35.5. The number of hydrogen-bond donors (Lipinski definition) is 2. The standard InChI is InChI=1S/C16H15ClN6/c17-15-5-14-13(6-18-15)20-21-23(14)9-12-8-22-7-11(10-1-2-10)3-4-16(22)19-12/h3-8,10,20-21H,1-2,9H2. The molecule has 4 heterocycles. The van der Waals surface area contributed by atoms with Gasteiger partial charge < -0.3 is 9.83 Å². The zero-order valence-electron chi connectivity index (χ0n) is 12.3. The van der Waals surface area contributed by atoms with E-state index in [0.717, 1.165) is 28.6 Å². The zero-order valence-corrected chi connectivity index (χ0v) is 13.1. The lowest BCUT2D eigenvalue weighted by Gasteiger charge is -2.16. The number of halogens is 1. The second-order valence-electron chi connectivity index (χ2n) is 6.08. The Balaban J connectivity index is 1.45. The summed E-state index contributed by atoms with van der Waals surface area (Å²) >= 11 is 6.00. The molecule has 6 nitrogen and oxygen atoms in total. The van der Waals surface area contributed by atoms with Gasteiger partial charge in [0.15, 0.2) is 0 Å². The summed E-state index contributed by atoms with van der Waals surface area (Å²) in [5.41, 5.74) is 11.5. The van der Waals surface area contributed by atoms with Gasteiger partial charge in [-0.1, -0.05) is 17.7 Å². The SMILES string of the molecule is Clc1cc2c(cn1)NNN2Cc1cn2cc(C3CC3)ccc2n1. The maximum absolute atomic E-state index is 6.00. The molecule has 0 bridgehead atoms. The fourth-order valence-electron chi connectivity index (χ4n) is 3.01. The van der Waals surface area contributed by atoms with E-state index in [1.165, 1.54) is 18.4 Å². The summed E-state index contributed by atoms with van der Waals surface area (Å²) in [6.07, 6.45) is 8.62. The largest absolute Gasteiger partial charge is 0.306 e. The number of nitrogens with zero attached hydrogens (tertiary/aromatic N) is 4. The van der Waals surface area contributed by atoms with Crippen LogP contribution in [0.25, 0.3) is 5.65 Å². The highest BCUT2D eigenvalue weighted by Crippen LogP contribution is 2.40. The Morgan fingerprint density at radius 1 is 1.26 bits per heavy atom. The fourth-order valence-corrected chi connectivity index (χ4v) is 3.16. The minimum Gasteiger partial charge on any atom is -0.306 e. The van der Waals surface area contributed by atoms with Gasteiger partial charge in [0.25, 0.3) is 0 Å². The van der Waals surface area contributed by atoms with Crippen molar-refractivity contribution in [3.8, 4) is 0 Å². The second-order valence-corrected chi connectivity index (χ2v) is 6.47. The zero-order chi connectivity index (χ0) is 15.4. The molecule has 0 radical (unpaired) electrons. The van der Waals surface area contributed by atoms with E-state index in [9.17, 15) is 0 Å². The molecule has 7 heteroatoms. The molecule has 0 amide bonds. The van der Waals surface area contributed by atoms with E-state index in [0.29, 0.717) is 11.7 Å². The van der Waals surface area contributed by atoms with Gasteiger partial charge >= 0.3 is 0 Å². The van der Waals surface area contributed by atoms with E-state index in [4.69, 9.17) is 16.6 Å². The van der Waals surface area contributed by atoms with Crippen molar-refractivity contribution < 1.29 is 0 Å². The maximum Gasteiger partial charge on any atom is 0.137 e. The Labute approximate surface area is 138 Å². The first-order chi connectivity index (χ1) is 11.3. The van der Waals surface area contributed by atoms with Gasteiger partial charge in [-0.05, 0) is 30.4 Å². The molecular formula is C16H15ClN6. The van der Waals surface area contributed by atoms with Crippen molar-refractivity contribution >= 4 is 28.6 Å². The Morgan fingerprint density at radius 2 is 2.17 bits per heavy atom. The first-order valence-electron chi connectivity index (χ1n) is 7.68. The van der Waals surface area contributed by atoms with Gasteiger partial charge in [-0.15, -0.1) is 5.53 Å². The van der Waals surface area contributed by atoms with E-state index >= 15 is 0 Å². The third kappa shape index (κ3) is 2.31. The molecule has 1 aliphatic heterocycles. The molecule has 0 unspecified atom stereocenters. The second kappa shape index (κ2) is 4.84. The molecule has 2 aliphatic rings. The summed E-state index contributed by atoms with van der Waals surface area (Å²) in [5, 5.41) is 2.45. The van der Waals surface area contributed by atoms with Crippen molar-refractivity contribution in [2.45, 2.75) is 25.3 Å². The lowest BCUT2D eigenvalue weighted by molar-refractivity contribution is 0.716. The van der Waals surface area contributed by atoms with Crippen LogP contribution in [0.2, 0.25) is 5.15 Å². The summed E-state index contributed by atoms with van der Waals surface area (Å²) in [6, 6.07) is 6.13. The van der Waals surface area contributed by atoms with Crippen molar-refractivity contribution in [1.82, 2.24) is 19.9 Å². The number of hydrogen-bond acceptors (Lipinski definition) is 5. The smallest absolute Gasteiger partial charge is 0.137 e. The van der Waals surface area contributed by atoms with Crippen LogP contribution >= 0.6 is 11.6 Å². The molecular weight excluding hydrogens is 312 g/mol. The van der Waals surface area contributed by atoms with E-state index in [1.54, 1.807) is 6.20 Å². The van der Waals surface area contributed by atoms with Crippen LogP contribution in [0.4, 0.5) is 11.4 Å². The van der Waals surface area contributed by atoms with Crippen LogP contribution in [-0.2, 0) is 6.54 Å². The molecule has 1 fully saturated rings. The molecule has 3 aromatic rings. The Bertz CT molecular complexity index is 901. The van der Waals surface area contributed by atoms with Gasteiger partial charge in [0.1, 0.15) is 10.8 Å². The summed E-state index contributed by atoms with van der Waals surface area (Å²) in [6.45, 7) is 0.640. The number of pyridine rings is 2. The van der Waals surface area contributed by atoms with Gasteiger partial charge in [0.05, 0.1) is 29.8 Å². The van der Waals surface area contributed by atoms with Crippen LogP contribution < -0.4 is 16.0 Å². The first-order valence-corrected chi connectivity index (χ1v) is 8.06. The van der Waals surface area contributed by atoms with Crippen molar-refractivity contribution in [2.75, 3.05) is 10.4 Å². The number of nitrogens with one attached hydrogen (secondary N) is 2. The Hall–Kier alpha value is -2.31. The molecule has 3 aromatic heterocycles. The lowest BCUT2D eigenvalue weighted by atomic mass is 10.2. The van der Waals surface area contributed by atoms with E-state index in [2.05, 4.69) is 44.9 Å². The van der Waals surface area contributed by atoms with Gasteiger partial charge in [-0.3, -0.25) is 5.01 Å². The summed E-state index contributed by atoms with van der Waals surface area (Å²) in [4.78, 5) is 8.77.